The van der Waals surface area contributed by atoms with Crippen LogP contribution < -0.4 is 5.56 Å². The Kier molecular flexibility index (Phi) is 2.39. The number of nitrogens with one attached hydrogen (secondary N) is 1. The van der Waals surface area contributed by atoms with E-state index in [9.17, 15) is 4.79 Å². The van der Waals surface area contributed by atoms with Gasteiger partial charge in [-0.3, -0.25) is 4.79 Å². The van der Waals surface area contributed by atoms with Crippen molar-refractivity contribution in [2.75, 3.05) is 0 Å². The molecule has 0 aliphatic heterocycles. The number of pyridine rings is 1. The van der Waals surface area contributed by atoms with Crippen molar-refractivity contribution >= 4 is 26.7 Å². The Balaban J connectivity index is 2.95. The minimum atomic E-state index is -0.180. The normalized spacial score (nSPS) is 10.7. The van der Waals surface area contributed by atoms with Gasteiger partial charge in [0.25, 0.3) is 5.56 Å². The first-order valence-corrected chi connectivity index (χ1v) is 4.93. The van der Waals surface area contributed by atoms with Crippen LogP contribution in [0.2, 0.25) is 0 Å². The number of H-pyrrole nitrogens is 1. The highest BCUT2D eigenvalue weighted by molar-refractivity contribution is 9.10. The van der Waals surface area contributed by atoms with Gasteiger partial charge in [-0.1, -0.05) is 18.2 Å². The van der Waals surface area contributed by atoms with Crippen molar-refractivity contribution in [1.29, 1.82) is 0 Å². The van der Waals surface area contributed by atoms with Crippen molar-refractivity contribution in [3.05, 3.63) is 44.8 Å². The zero-order valence-electron chi connectivity index (χ0n) is 7.25. The standard InChI is InChI=1S/C10H8BrNO2/c11-9-6-3-1-2-4-7(6)10(14)12-8(9)5-13/h1-4,13H,5H2,(H,12,14). The summed E-state index contributed by atoms with van der Waals surface area (Å²) < 4.78 is 0.746. The average molecular weight is 254 g/mol. The van der Waals surface area contributed by atoms with E-state index < -0.39 is 0 Å². The highest BCUT2D eigenvalue weighted by atomic mass is 79.9. The molecule has 14 heavy (non-hydrogen) atoms. The van der Waals surface area contributed by atoms with Crippen LogP contribution in [0.5, 0.6) is 0 Å². The zero-order chi connectivity index (χ0) is 10.1. The predicted molar refractivity (Wildman–Crippen MR) is 58.2 cm³/mol. The van der Waals surface area contributed by atoms with Crippen LogP contribution in [0.25, 0.3) is 10.8 Å². The summed E-state index contributed by atoms with van der Waals surface area (Å²) in [6, 6.07) is 7.25. The highest BCUT2D eigenvalue weighted by Gasteiger charge is 2.06. The van der Waals surface area contributed by atoms with Crippen LogP contribution in [0.15, 0.2) is 33.5 Å². The molecule has 3 nitrogen and oxygen atoms in total. The van der Waals surface area contributed by atoms with E-state index in [1.54, 1.807) is 6.07 Å². The van der Waals surface area contributed by atoms with E-state index >= 15 is 0 Å². The lowest BCUT2D eigenvalue weighted by Crippen LogP contribution is -2.10. The van der Waals surface area contributed by atoms with E-state index in [0.717, 1.165) is 9.86 Å². The molecule has 1 heterocycles. The van der Waals surface area contributed by atoms with Crippen LogP contribution in [0.4, 0.5) is 0 Å². The van der Waals surface area contributed by atoms with Gasteiger partial charge in [0.05, 0.1) is 12.3 Å². The first-order valence-electron chi connectivity index (χ1n) is 4.14. The third-order valence-electron chi connectivity index (χ3n) is 2.10. The number of benzene rings is 1. The monoisotopic (exact) mass is 253 g/mol. The minimum Gasteiger partial charge on any atom is -0.390 e. The molecule has 0 saturated heterocycles. The largest absolute Gasteiger partial charge is 0.390 e. The van der Waals surface area contributed by atoms with E-state index in [4.69, 9.17) is 5.11 Å². The maximum atomic E-state index is 11.5. The van der Waals surface area contributed by atoms with Crippen molar-refractivity contribution in [2.45, 2.75) is 6.61 Å². The maximum absolute atomic E-state index is 11.5. The summed E-state index contributed by atoms with van der Waals surface area (Å²) in [5.41, 5.74) is 0.335. The lowest BCUT2D eigenvalue weighted by molar-refractivity contribution is 0.276. The molecule has 2 rings (SSSR count). The average Bonchev–Trinajstić information content (AvgIpc) is 2.23. The third-order valence-corrected chi connectivity index (χ3v) is 3.00. The predicted octanol–water partition coefficient (Wildman–Crippen LogP) is 1.78. The molecule has 72 valence electrons. The molecule has 0 aliphatic carbocycles. The molecule has 2 aromatic rings. The summed E-state index contributed by atoms with van der Waals surface area (Å²) in [6.45, 7) is -0.180. The van der Waals surface area contributed by atoms with Crippen LogP contribution in [0.1, 0.15) is 5.69 Å². The lowest BCUT2D eigenvalue weighted by Gasteiger charge is -2.04. The van der Waals surface area contributed by atoms with Crippen LogP contribution in [-0.2, 0) is 6.61 Å². The Hall–Kier alpha value is -1.13. The summed E-state index contributed by atoms with van der Waals surface area (Å²) >= 11 is 3.35. The van der Waals surface area contributed by atoms with Crippen LogP contribution >= 0.6 is 15.9 Å². The molecule has 1 aromatic carbocycles. The number of aromatic nitrogens is 1. The quantitative estimate of drug-likeness (QED) is 0.815. The zero-order valence-corrected chi connectivity index (χ0v) is 8.84. The second-order valence-corrected chi connectivity index (χ2v) is 3.74. The molecule has 0 saturated carbocycles. The van der Waals surface area contributed by atoms with Crippen molar-refractivity contribution in [2.24, 2.45) is 0 Å². The van der Waals surface area contributed by atoms with Gasteiger partial charge < -0.3 is 10.1 Å². The second-order valence-electron chi connectivity index (χ2n) is 2.95. The first-order chi connectivity index (χ1) is 6.74. The van der Waals surface area contributed by atoms with Gasteiger partial charge in [-0.05, 0) is 22.0 Å². The van der Waals surface area contributed by atoms with Crippen LogP contribution in [0, 0.1) is 0 Å². The number of rotatable bonds is 1. The number of aliphatic hydroxyl groups is 1. The molecule has 1 aromatic heterocycles. The van der Waals surface area contributed by atoms with Gasteiger partial charge in [-0.25, -0.2) is 0 Å². The molecule has 4 heteroatoms. The SMILES string of the molecule is O=c1[nH]c(CO)c(Br)c2ccccc12. The smallest absolute Gasteiger partial charge is 0.256 e. The Labute approximate surface area is 88.5 Å². The van der Waals surface area contributed by atoms with Gasteiger partial charge in [0, 0.05) is 15.2 Å². The van der Waals surface area contributed by atoms with Gasteiger partial charge in [0.1, 0.15) is 0 Å². The Morgan fingerprint density at radius 2 is 1.93 bits per heavy atom. The lowest BCUT2D eigenvalue weighted by atomic mass is 10.1. The molecule has 2 N–H and O–H groups in total. The van der Waals surface area contributed by atoms with E-state index in [1.807, 2.05) is 18.2 Å². The molecule has 0 aliphatic rings. The number of hydrogen-bond acceptors (Lipinski definition) is 2. The molecule has 0 fully saturated rings. The van der Waals surface area contributed by atoms with Crippen LogP contribution in [0.3, 0.4) is 0 Å². The molecule has 0 amide bonds. The van der Waals surface area contributed by atoms with Crippen molar-refractivity contribution < 1.29 is 5.11 Å². The van der Waals surface area contributed by atoms with E-state index in [1.165, 1.54) is 0 Å². The minimum absolute atomic E-state index is 0.173. The van der Waals surface area contributed by atoms with Crippen molar-refractivity contribution in [3.8, 4) is 0 Å². The highest BCUT2D eigenvalue weighted by Crippen LogP contribution is 2.23. The van der Waals surface area contributed by atoms with Crippen molar-refractivity contribution in [1.82, 2.24) is 4.98 Å². The first kappa shape index (κ1) is 9.43. The summed E-state index contributed by atoms with van der Waals surface area (Å²) in [4.78, 5) is 14.1. The number of fused-ring (bicyclic) bond motifs is 1. The Morgan fingerprint density at radius 1 is 1.29 bits per heavy atom. The van der Waals surface area contributed by atoms with Crippen molar-refractivity contribution in [3.63, 3.8) is 0 Å². The summed E-state index contributed by atoms with van der Waals surface area (Å²) in [5, 5.41) is 10.4. The van der Waals surface area contributed by atoms with Gasteiger partial charge in [-0.15, -0.1) is 0 Å². The van der Waals surface area contributed by atoms with E-state index in [0.29, 0.717) is 11.1 Å². The summed E-state index contributed by atoms with van der Waals surface area (Å²) in [5.74, 6) is 0. The van der Waals surface area contributed by atoms with Gasteiger partial charge in [0.15, 0.2) is 0 Å². The van der Waals surface area contributed by atoms with Crippen LogP contribution in [-0.4, -0.2) is 10.1 Å². The summed E-state index contributed by atoms with van der Waals surface area (Å²) in [6.07, 6.45) is 0. The van der Waals surface area contributed by atoms with Gasteiger partial charge in [0.2, 0.25) is 0 Å². The fourth-order valence-electron chi connectivity index (χ4n) is 1.40. The molecule has 0 spiro atoms. The number of aromatic amines is 1. The second kappa shape index (κ2) is 3.55. The van der Waals surface area contributed by atoms with Gasteiger partial charge in [-0.2, -0.15) is 0 Å². The van der Waals surface area contributed by atoms with Gasteiger partial charge >= 0.3 is 0 Å². The molecular weight excluding hydrogens is 246 g/mol. The Morgan fingerprint density at radius 3 is 2.57 bits per heavy atom. The van der Waals surface area contributed by atoms with E-state index in [2.05, 4.69) is 20.9 Å². The molecule has 0 unspecified atom stereocenters. The molecule has 0 bridgehead atoms. The molecule has 0 radical (unpaired) electrons. The summed E-state index contributed by atoms with van der Waals surface area (Å²) in [7, 11) is 0. The fraction of sp³-hybridized carbons (Fsp3) is 0.100. The number of halogens is 1. The Bertz CT molecular complexity index is 533. The molecular formula is C10H8BrNO2. The number of aliphatic hydroxyl groups excluding tert-OH is 1. The van der Waals surface area contributed by atoms with E-state index in [-0.39, 0.29) is 12.2 Å². The number of hydrogen-bond donors (Lipinski definition) is 2. The maximum Gasteiger partial charge on any atom is 0.256 e. The fourth-order valence-corrected chi connectivity index (χ4v) is 1.97. The third kappa shape index (κ3) is 1.36. The topological polar surface area (TPSA) is 53.1 Å². The molecule has 0 atom stereocenters.